The summed E-state index contributed by atoms with van der Waals surface area (Å²) in [5, 5.41) is 3.34. The first-order valence-corrected chi connectivity index (χ1v) is 11.9. The van der Waals surface area contributed by atoms with E-state index in [0.717, 1.165) is 18.7 Å². The van der Waals surface area contributed by atoms with E-state index in [9.17, 15) is 9.59 Å². The largest absolute Gasteiger partial charge is 0.385 e. The first-order valence-electron chi connectivity index (χ1n) is 11.9. The maximum Gasteiger partial charge on any atom is 0.275 e. The number of benzene rings is 1. The number of anilines is 1. The molecule has 0 aliphatic heterocycles. The van der Waals surface area contributed by atoms with Gasteiger partial charge >= 0.3 is 0 Å². The van der Waals surface area contributed by atoms with Crippen molar-refractivity contribution in [1.29, 1.82) is 0 Å². The van der Waals surface area contributed by atoms with Gasteiger partial charge in [-0.15, -0.1) is 0 Å². The predicted octanol–water partition coefficient (Wildman–Crippen LogP) is 6.68. The number of nitrogens with one attached hydrogen (secondary N) is 2. The second-order valence-electron chi connectivity index (χ2n) is 8.08. The summed E-state index contributed by atoms with van der Waals surface area (Å²) in [5.41, 5.74) is 3.77. The quantitative estimate of drug-likeness (QED) is 0.149. The van der Waals surface area contributed by atoms with Crippen molar-refractivity contribution < 1.29 is 14.4 Å². The minimum absolute atomic E-state index is 0.317. The van der Waals surface area contributed by atoms with Crippen molar-refractivity contribution >= 4 is 17.9 Å². The highest BCUT2D eigenvalue weighted by Gasteiger charge is 2.11. The van der Waals surface area contributed by atoms with Crippen molar-refractivity contribution in [3.63, 3.8) is 0 Å². The minimum Gasteiger partial charge on any atom is -0.385 e. The molecular formula is C25H42N2O3. The molecule has 170 valence electrons. The maximum atomic E-state index is 12.0. The molecule has 0 radical (unpaired) electrons. The number of aldehydes is 1. The molecule has 0 aromatic heterocycles. The molecule has 0 aliphatic carbocycles. The normalized spacial score (nSPS) is 10.7. The van der Waals surface area contributed by atoms with E-state index in [1.807, 2.05) is 6.07 Å². The Bertz CT molecular complexity index is 590. The van der Waals surface area contributed by atoms with Gasteiger partial charge in [0.1, 0.15) is 0 Å². The minimum atomic E-state index is -0.417. The van der Waals surface area contributed by atoms with Crippen molar-refractivity contribution in [3.05, 3.63) is 29.3 Å². The molecule has 5 heteroatoms. The zero-order valence-electron chi connectivity index (χ0n) is 19.1. The van der Waals surface area contributed by atoms with Gasteiger partial charge in [-0.3, -0.25) is 14.4 Å². The number of rotatable bonds is 19. The zero-order chi connectivity index (χ0) is 21.9. The molecule has 0 saturated carbocycles. The van der Waals surface area contributed by atoms with Crippen molar-refractivity contribution in [3.8, 4) is 0 Å². The number of carbonyl (C=O) groups is 2. The van der Waals surface area contributed by atoms with Crippen LogP contribution in [0.3, 0.4) is 0 Å². The van der Waals surface area contributed by atoms with Gasteiger partial charge in [0.05, 0.1) is 12.7 Å². The second kappa shape index (κ2) is 17.9. The van der Waals surface area contributed by atoms with E-state index in [-0.39, 0.29) is 0 Å². The molecular weight excluding hydrogens is 376 g/mol. The van der Waals surface area contributed by atoms with Crippen LogP contribution in [-0.4, -0.2) is 25.8 Å². The summed E-state index contributed by atoms with van der Waals surface area (Å²) in [6.07, 6.45) is 19.5. The third kappa shape index (κ3) is 12.0. The topological polar surface area (TPSA) is 67.4 Å². The van der Waals surface area contributed by atoms with Crippen LogP contribution < -0.4 is 10.8 Å². The smallest absolute Gasteiger partial charge is 0.275 e. The van der Waals surface area contributed by atoms with E-state index in [4.69, 9.17) is 0 Å². The molecule has 0 saturated heterocycles. The summed E-state index contributed by atoms with van der Waals surface area (Å²) in [5.74, 6) is -0.417. The first kappa shape index (κ1) is 26.2. The van der Waals surface area contributed by atoms with Gasteiger partial charge < -0.3 is 5.32 Å². The van der Waals surface area contributed by atoms with Gasteiger partial charge in [0.2, 0.25) is 0 Å². The van der Waals surface area contributed by atoms with Gasteiger partial charge in [0.25, 0.3) is 5.91 Å². The van der Waals surface area contributed by atoms with Crippen molar-refractivity contribution in [2.24, 2.45) is 0 Å². The predicted molar refractivity (Wildman–Crippen MR) is 125 cm³/mol. The van der Waals surface area contributed by atoms with Crippen LogP contribution in [0.5, 0.6) is 0 Å². The van der Waals surface area contributed by atoms with Crippen LogP contribution in [0, 0.1) is 0 Å². The molecule has 0 spiro atoms. The Balaban J connectivity index is 2.04. The van der Waals surface area contributed by atoms with E-state index in [1.54, 1.807) is 12.1 Å². The maximum absolute atomic E-state index is 12.0. The van der Waals surface area contributed by atoms with Crippen LogP contribution in [0.15, 0.2) is 18.2 Å². The lowest BCUT2D eigenvalue weighted by molar-refractivity contribution is 0.0536. The number of hydrogen-bond donors (Lipinski definition) is 2. The number of amides is 1. The molecule has 5 nitrogen and oxygen atoms in total. The summed E-state index contributed by atoms with van der Waals surface area (Å²) in [6.45, 7) is 3.14. The standard InChI is InChI=1S/C25H42N2O3/c1-3-4-5-6-7-8-9-10-11-12-13-14-15-16-19-26-23-18-17-22(21-28)24(20-23)25(29)27-30-2/h17-18,20-21,26H,3-16,19H2,1-2H3,(H,27,29). The summed E-state index contributed by atoms with van der Waals surface area (Å²) < 4.78 is 0. The highest BCUT2D eigenvalue weighted by molar-refractivity contribution is 6.01. The number of unbranched alkanes of at least 4 members (excludes halogenated alkanes) is 13. The summed E-state index contributed by atoms with van der Waals surface area (Å²) in [6, 6.07) is 5.18. The number of carbonyl (C=O) groups excluding carboxylic acids is 2. The van der Waals surface area contributed by atoms with Gasteiger partial charge in [0.15, 0.2) is 6.29 Å². The third-order valence-electron chi connectivity index (χ3n) is 5.48. The average molecular weight is 419 g/mol. The van der Waals surface area contributed by atoms with Gasteiger partial charge in [-0.2, -0.15) is 0 Å². The molecule has 1 rings (SSSR count). The molecule has 0 aliphatic rings. The Labute approximate surface area is 183 Å². The van der Waals surface area contributed by atoms with E-state index < -0.39 is 5.91 Å². The lowest BCUT2D eigenvalue weighted by Crippen LogP contribution is -2.23. The third-order valence-corrected chi connectivity index (χ3v) is 5.48. The summed E-state index contributed by atoms with van der Waals surface area (Å²) in [7, 11) is 1.37. The molecule has 30 heavy (non-hydrogen) atoms. The number of hydroxylamine groups is 1. The van der Waals surface area contributed by atoms with Crippen LogP contribution in [0.2, 0.25) is 0 Å². The Morgan fingerprint density at radius 2 is 1.40 bits per heavy atom. The van der Waals surface area contributed by atoms with E-state index in [1.165, 1.54) is 90.6 Å². The van der Waals surface area contributed by atoms with Crippen molar-refractivity contribution in [1.82, 2.24) is 5.48 Å². The van der Waals surface area contributed by atoms with Crippen LogP contribution >= 0.6 is 0 Å². The highest BCUT2D eigenvalue weighted by atomic mass is 16.6. The Morgan fingerprint density at radius 1 is 0.867 bits per heavy atom. The Morgan fingerprint density at radius 3 is 1.90 bits per heavy atom. The van der Waals surface area contributed by atoms with E-state index in [2.05, 4.69) is 22.6 Å². The van der Waals surface area contributed by atoms with Crippen LogP contribution in [0.25, 0.3) is 0 Å². The van der Waals surface area contributed by atoms with Gasteiger partial charge in [-0.25, -0.2) is 5.48 Å². The molecule has 0 heterocycles. The lowest BCUT2D eigenvalue weighted by atomic mass is 10.0. The number of hydrogen-bond acceptors (Lipinski definition) is 4. The van der Waals surface area contributed by atoms with Gasteiger partial charge in [-0.1, -0.05) is 90.4 Å². The fourth-order valence-electron chi connectivity index (χ4n) is 3.67. The van der Waals surface area contributed by atoms with Gasteiger partial charge in [0, 0.05) is 17.8 Å². The van der Waals surface area contributed by atoms with Gasteiger partial charge in [-0.05, 0) is 24.6 Å². The lowest BCUT2D eigenvalue weighted by Gasteiger charge is -2.10. The molecule has 1 aromatic carbocycles. The van der Waals surface area contributed by atoms with Crippen molar-refractivity contribution in [2.75, 3.05) is 19.0 Å². The van der Waals surface area contributed by atoms with Crippen LogP contribution in [0.1, 0.15) is 118 Å². The molecule has 2 N–H and O–H groups in total. The highest BCUT2D eigenvalue weighted by Crippen LogP contribution is 2.16. The Hall–Kier alpha value is -1.88. The first-order chi connectivity index (χ1) is 14.7. The zero-order valence-corrected chi connectivity index (χ0v) is 19.1. The molecule has 0 fully saturated rings. The van der Waals surface area contributed by atoms with Crippen LogP contribution in [-0.2, 0) is 4.84 Å². The SMILES string of the molecule is CCCCCCCCCCCCCCCCNc1ccc(C=O)c(C(=O)NOC)c1. The molecule has 1 aromatic rings. The van der Waals surface area contributed by atoms with Crippen molar-refractivity contribution in [2.45, 2.75) is 96.8 Å². The average Bonchev–Trinajstić information content (AvgIpc) is 2.76. The monoisotopic (exact) mass is 418 g/mol. The fourth-order valence-corrected chi connectivity index (χ4v) is 3.67. The summed E-state index contributed by atoms with van der Waals surface area (Å²) in [4.78, 5) is 27.7. The molecule has 0 unspecified atom stereocenters. The molecule has 1 amide bonds. The van der Waals surface area contributed by atoms with E-state index >= 15 is 0 Å². The second-order valence-corrected chi connectivity index (χ2v) is 8.08. The summed E-state index contributed by atoms with van der Waals surface area (Å²) >= 11 is 0. The molecule has 0 bridgehead atoms. The van der Waals surface area contributed by atoms with E-state index in [0.29, 0.717) is 17.4 Å². The fraction of sp³-hybridized carbons (Fsp3) is 0.680. The molecule has 0 atom stereocenters. The Kier molecular flexibility index (Phi) is 15.6. The van der Waals surface area contributed by atoms with Crippen LogP contribution in [0.4, 0.5) is 5.69 Å².